The summed E-state index contributed by atoms with van der Waals surface area (Å²) in [6.45, 7) is 1.71. The largest absolute Gasteiger partial charge is 0.381 e. The maximum absolute atomic E-state index is 5.55. The summed E-state index contributed by atoms with van der Waals surface area (Å²) in [6, 6.07) is 1.93. The van der Waals surface area contributed by atoms with Crippen molar-refractivity contribution in [2.45, 2.75) is 12.8 Å². The highest BCUT2D eigenvalue weighted by atomic mass is 79.9. The molecule has 0 aliphatic carbocycles. The third-order valence-corrected chi connectivity index (χ3v) is 2.98. The Morgan fingerprint density at radius 1 is 1.57 bits per heavy atom. The number of rotatable bonds is 2. The van der Waals surface area contributed by atoms with Crippen LogP contribution in [0.3, 0.4) is 0 Å². The first kappa shape index (κ1) is 9.86. The quantitative estimate of drug-likeness (QED) is 0.871. The van der Waals surface area contributed by atoms with Crippen LogP contribution in [0.4, 0.5) is 5.82 Å². The van der Waals surface area contributed by atoms with Gasteiger partial charge in [-0.15, -0.1) is 5.10 Å². The lowest BCUT2D eigenvalue weighted by Gasteiger charge is -2.06. The molecule has 76 valence electrons. The molecular formula is C9H12BrN3O. The van der Waals surface area contributed by atoms with Gasteiger partial charge in [-0.25, -0.2) is 0 Å². The van der Waals surface area contributed by atoms with E-state index in [4.69, 9.17) is 10.5 Å². The van der Waals surface area contributed by atoms with Crippen LogP contribution in [-0.2, 0) is 11.2 Å². The molecule has 1 saturated heterocycles. The minimum absolute atomic E-state index is 0.441. The number of hydrogen-bond acceptors (Lipinski definition) is 4. The molecule has 1 unspecified atom stereocenters. The van der Waals surface area contributed by atoms with Crippen molar-refractivity contribution in [1.29, 1.82) is 0 Å². The molecule has 0 saturated carbocycles. The average molecular weight is 258 g/mol. The Balaban J connectivity index is 2.05. The van der Waals surface area contributed by atoms with Gasteiger partial charge in [0.15, 0.2) is 5.82 Å². The molecule has 0 aromatic carbocycles. The molecule has 1 aliphatic rings. The highest BCUT2D eigenvalue weighted by molar-refractivity contribution is 9.10. The smallest absolute Gasteiger partial charge is 0.160 e. The number of aromatic nitrogens is 2. The van der Waals surface area contributed by atoms with Gasteiger partial charge in [-0.3, -0.25) is 0 Å². The zero-order valence-electron chi connectivity index (χ0n) is 7.74. The van der Waals surface area contributed by atoms with Gasteiger partial charge in [0.2, 0.25) is 0 Å². The third kappa shape index (κ3) is 2.22. The Labute approximate surface area is 91.0 Å². The number of ether oxygens (including phenoxy) is 1. The zero-order valence-corrected chi connectivity index (χ0v) is 9.33. The van der Waals surface area contributed by atoms with E-state index in [1.165, 1.54) is 0 Å². The highest BCUT2D eigenvalue weighted by Gasteiger charge is 2.17. The molecule has 0 radical (unpaired) electrons. The van der Waals surface area contributed by atoms with Crippen LogP contribution < -0.4 is 5.73 Å². The van der Waals surface area contributed by atoms with E-state index >= 15 is 0 Å². The monoisotopic (exact) mass is 257 g/mol. The lowest BCUT2D eigenvalue weighted by Crippen LogP contribution is -2.07. The minimum Gasteiger partial charge on any atom is -0.381 e. The fourth-order valence-corrected chi connectivity index (χ4v) is 1.90. The first-order chi connectivity index (χ1) is 6.75. The first-order valence-corrected chi connectivity index (χ1v) is 5.40. The lowest BCUT2D eigenvalue weighted by atomic mass is 10.0. The molecular weight excluding hydrogens is 246 g/mol. The number of hydrogen-bond donors (Lipinski definition) is 1. The fourth-order valence-electron chi connectivity index (χ4n) is 1.55. The second-order valence-electron chi connectivity index (χ2n) is 3.50. The molecule has 1 aliphatic heterocycles. The van der Waals surface area contributed by atoms with Crippen molar-refractivity contribution in [3.05, 3.63) is 16.2 Å². The molecule has 14 heavy (non-hydrogen) atoms. The van der Waals surface area contributed by atoms with Crippen LogP contribution in [-0.4, -0.2) is 23.4 Å². The molecule has 1 aromatic rings. The van der Waals surface area contributed by atoms with E-state index in [9.17, 15) is 0 Å². The Hall–Kier alpha value is -0.680. The topological polar surface area (TPSA) is 61.0 Å². The van der Waals surface area contributed by atoms with E-state index in [-0.39, 0.29) is 0 Å². The van der Waals surface area contributed by atoms with Gasteiger partial charge in [0, 0.05) is 13.2 Å². The van der Waals surface area contributed by atoms with Crippen LogP contribution in [0.2, 0.25) is 0 Å². The van der Waals surface area contributed by atoms with Crippen molar-refractivity contribution in [3.8, 4) is 0 Å². The van der Waals surface area contributed by atoms with Crippen molar-refractivity contribution < 1.29 is 4.74 Å². The lowest BCUT2D eigenvalue weighted by molar-refractivity contribution is 0.185. The standard InChI is InChI=1S/C9H12BrN3O/c10-8-4-7(12-13-9(8)11)3-6-1-2-14-5-6/h4,6H,1-3,5H2,(H2,11,13). The molecule has 0 amide bonds. The van der Waals surface area contributed by atoms with E-state index in [1.54, 1.807) is 0 Å². The van der Waals surface area contributed by atoms with Crippen molar-refractivity contribution in [2.24, 2.45) is 5.92 Å². The molecule has 0 spiro atoms. The maximum atomic E-state index is 5.55. The van der Waals surface area contributed by atoms with Gasteiger partial charge in [-0.05, 0) is 40.8 Å². The fraction of sp³-hybridized carbons (Fsp3) is 0.556. The van der Waals surface area contributed by atoms with Crippen LogP contribution >= 0.6 is 15.9 Å². The van der Waals surface area contributed by atoms with E-state index in [0.29, 0.717) is 11.7 Å². The van der Waals surface area contributed by atoms with Crippen LogP contribution in [0, 0.1) is 5.92 Å². The van der Waals surface area contributed by atoms with Crippen molar-refractivity contribution in [3.63, 3.8) is 0 Å². The van der Waals surface area contributed by atoms with Gasteiger partial charge in [0.1, 0.15) is 0 Å². The number of nitrogen functional groups attached to an aromatic ring is 1. The van der Waals surface area contributed by atoms with Crippen molar-refractivity contribution in [1.82, 2.24) is 10.2 Å². The van der Waals surface area contributed by atoms with Crippen LogP contribution in [0.5, 0.6) is 0 Å². The van der Waals surface area contributed by atoms with E-state index < -0.39 is 0 Å². The Bertz CT molecular complexity index is 326. The van der Waals surface area contributed by atoms with Gasteiger partial charge >= 0.3 is 0 Å². The second-order valence-corrected chi connectivity index (χ2v) is 4.36. The molecule has 1 fully saturated rings. The maximum Gasteiger partial charge on any atom is 0.160 e. The summed E-state index contributed by atoms with van der Waals surface area (Å²) in [5.74, 6) is 1.02. The molecule has 1 aromatic heterocycles. The van der Waals surface area contributed by atoms with Crippen molar-refractivity contribution >= 4 is 21.7 Å². The van der Waals surface area contributed by atoms with Gasteiger partial charge in [-0.1, -0.05) is 0 Å². The zero-order chi connectivity index (χ0) is 9.97. The first-order valence-electron chi connectivity index (χ1n) is 4.61. The predicted octanol–water partition coefficient (Wildman–Crippen LogP) is 1.40. The Morgan fingerprint density at radius 3 is 3.07 bits per heavy atom. The molecule has 5 heteroatoms. The average Bonchev–Trinajstić information content (AvgIpc) is 2.64. The molecule has 1 atom stereocenters. The van der Waals surface area contributed by atoms with Gasteiger partial charge in [-0.2, -0.15) is 5.10 Å². The highest BCUT2D eigenvalue weighted by Crippen LogP contribution is 2.21. The number of halogens is 1. The van der Waals surface area contributed by atoms with E-state index in [0.717, 1.165) is 36.2 Å². The SMILES string of the molecule is Nc1nnc(CC2CCOC2)cc1Br. The van der Waals surface area contributed by atoms with E-state index in [2.05, 4.69) is 26.1 Å². The Kier molecular flexibility index (Phi) is 2.98. The minimum atomic E-state index is 0.441. The number of anilines is 1. The van der Waals surface area contributed by atoms with E-state index in [1.807, 2.05) is 6.07 Å². The van der Waals surface area contributed by atoms with Crippen LogP contribution in [0.1, 0.15) is 12.1 Å². The van der Waals surface area contributed by atoms with Crippen LogP contribution in [0.15, 0.2) is 10.5 Å². The number of nitrogens with zero attached hydrogens (tertiary/aromatic N) is 2. The van der Waals surface area contributed by atoms with Gasteiger partial charge in [0.25, 0.3) is 0 Å². The summed E-state index contributed by atoms with van der Waals surface area (Å²) in [5.41, 5.74) is 6.53. The van der Waals surface area contributed by atoms with Gasteiger partial charge in [0.05, 0.1) is 10.2 Å². The van der Waals surface area contributed by atoms with Crippen molar-refractivity contribution in [2.75, 3.05) is 18.9 Å². The molecule has 2 rings (SSSR count). The molecule has 2 N–H and O–H groups in total. The second kappa shape index (κ2) is 4.23. The molecule has 0 bridgehead atoms. The summed E-state index contributed by atoms with van der Waals surface area (Å²) in [4.78, 5) is 0. The summed E-state index contributed by atoms with van der Waals surface area (Å²) in [6.07, 6.45) is 2.04. The Morgan fingerprint density at radius 2 is 2.43 bits per heavy atom. The third-order valence-electron chi connectivity index (χ3n) is 2.35. The summed E-state index contributed by atoms with van der Waals surface area (Å²) >= 11 is 3.34. The predicted molar refractivity (Wildman–Crippen MR) is 56.8 cm³/mol. The molecule has 2 heterocycles. The molecule has 4 nitrogen and oxygen atoms in total. The number of nitrogens with two attached hydrogens (primary N) is 1. The van der Waals surface area contributed by atoms with Crippen LogP contribution in [0.25, 0.3) is 0 Å². The van der Waals surface area contributed by atoms with Gasteiger partial charge < -0.3 is 10.5 Å². The summed E-state index contributed by atoms with van der Waals surface area (Å²) in [7, 11) is 0. The normalized spacial score (nSPS) is 21.4. The summed E-state index contributed by atoms with van der Waals surface area (Å²) in [5, 5.41) is 7.90. The summed E-state index contributed by atoms with van der Waals surface area (Å²) < 4.78 is 6.12.